The lowest BCUT2D eigenvalue weighted by atomic mass is 9.50. The predicted molar refractivity (Wildman–Crippen MR) is 166 cm³/mol. The molecule has 264 valence electrons. The number of fused-ring (bicyclic) bond motifs is 4. The zero-order valence-corrected chi connectivity index (χ0v) is 28.1. The normalized spacial score (nSPS) is 30.4. The van der Waals surface area contributed by atoms with Gasteiger partial charge in [-0.2, -0.15) is 22.0 Å². The van der Waals surface area contributed by atoms with Crippen LogP contribution < -0.4 is 5.32 Å². The molecule has 0 aliphatic heterocycles. The summed E-state index contributed by atoms with van der Waals surface area (Å²) in [6, 6.07) is 5.93. The summed E-state index contributed by atoms with van der Waals surface area (Å²) in [5, 5.41) is 13.9. The first-order chi connectivity index (χ1) is 22.1. The van der Waals surface area contributed by atoms with Crippen molar-refractivity contribution in [2.75, 3.05) is 0 Å². The lowest BCUT2D eigenvalue weighted by Gasteiger charge is -2.56. The number of alkyl halides is 5. The number of alkyl carbamates (subject to hydrolysis) is 1. The molecule has 12 heteroatoms. The summed E-state index contributed by atoms with van der Waals surface area (Å²) in [5.74, 6) is -7.50. The maximum atomic E-state index is 15.2. The van der Waals surface area contributed by atoms with E-state index in [1.54, 1.807) is 58.0 Å². The summed E-state index contributed by atoms with van der Waals surface area (Å²) in [6.07, 6.45) is -4.79. The van der Waals surface area contributed by atoms with Gasteiger partial charge in [-0.1, -0.05) is 36.8 Å². The van der Waals surface area contributed by atoms with E-state index in [2.05, 4.69) is 5.32 Å². The molecule has 2 fully saturated rings. The number of amides is 1. The molecule has 48 heavy (non-hydrogen) atoms. The van der Waals surface area contributed by atoms with Crippen molar-refractivity contribution >= 4 is 17.8 Å². The molecule has 4 aliphatic rings. The van der Waals surface area contributed by atoms with E-state index in [1.807, 2.05) is 0 Å². The average Bonchev–Trinajstić information content (AvgIpc) is 3.26. The first kappa shape index (κ1) is 36.0. The number of carbonyl (C=O) groups is 3. The van der Waals surface area contributed by atoms with Crippen LogP contribution in [-0.4, -0.2) is 52.3 Å². The zero-order valence-electron chi connectivity index (χ0n) is 28.1. The van der Waals surface area contributed by atoms with Crippen LogP contribution in [0.25, 0.3) is 0 Å². The highest BCUT2D eigenvalue weighted by molar-refractivity contribution is 5.93. The zero-order chi connectivity index (χ0) is 35.6. The van der Waals surface area contributed by atoms with Crippen LogP contribution in [0.5, 0.6) is 0 Å². The SMILES string of the molecule is C[C@H](NC(=O)OC(C)(C)C)C(=O)O[C@H](C)c1ccc([C@H]2C[C@@]3(C)C(CC[C@@]3(O)C(F)(F)C(F)(F)F)C3CCC4=CC(=O)CCC4=C32)cc1. The number of ketones is 1. The number of carbonyl (C=O) groups excluding carboxylic acids is 3. The molecule has 1 amide bonds. The van der Waals surface area contributed by atoms with Gasteiger partial charge in [-0.15, -0.1) is 0 Å². The van der Waals surface area contributed by atoms with Crippen molar-refractivity contribution in [2.45, 2.75) is 128 Å². The van der Waals surface area contributed by atoms with Gasteiger partial charge in [0.15, 0.2) is 5.78 Å². The Hall–Kier alpha value is -3.28. The summed E-state index contributed by atoms with van der Waals surface area (Å²) in [4.78, 5) is 37.1. The minimum Gasteiger partial charge on any atom is -0.456 e. The molecule has 7 atom stereocenters. The number of hydrogen-bond donors (Lipinski definition) is 2. The number of esters is 1. The fourth-order valence-corrected chi connectivity index (χ4v) is 8.60. The Bertz CT molecular complexity index is 1530. The first-order valence-corrected chi connectivity index (χ1v) is 16.5. The second-order valence-corrected chi connectivity index (χ2v) is 15.1. The van der Waals surface area contributed by atoms with Gasteiger partial charge in [-0.3, -0.25) is 4.79 Å². The fourth-order valence-electron chi connectivity index (χ4n) is 8.60. The molecular weight excluding hydrogens is 637 g/mol. The number of benzene rings is 1. The predicted octanol–water partition coefficient (Wildman–Crippen LogP) is 8.03. The van der Waals surface area contributed by atoms with E-state index in [0.29, 0.717) is 36.8 Å². The van der Waals surface area contributed by atoms with Crippen molar-refractivity contribution in [1.29, 1.82) is 0 Å². The fraction of sp³-hybridized carbons (Fsp3) is 0.639. The van der Waals surface area contributed by atoms with Crippen molar-refractivity contribution in [2.24, 2.45) is 17.3 Å². The van der Waals surface area contributed by atoms with Crippen LogP contribution in [0.1, 0.15) is 110 Å². The highest BCUT2D eigenvalue weighted by Gasteiger charge is 2.79. The number of allylic oxidation sites excluding steroid dienone is 4. The smallest absolute Gasteiger partial charge is 0.456 e. The van der Waals surface area contributed by atoms with Gasteiger partial charge in [0.2, 0.25) is 0 Å². The number of nitrogens with one attached hydrogen (secondary N) is 1. The number of aliphatic hydroxyl groups is 1. The Morgan fingerprint density at radius 1 is 1.00 bits per heavy atom. The van der Waals surface area contributed by atoms with Crippen LogP contribution in [0.4, 0.5) is 26.7 Å². The topological polar surface area (TPSA) is 102 Å². The van der Waals surface area contributed by atoms with E-state index < -0.39 is 71.2 Å². The molecule has 0 heterocycles. The van der Waals surface area contributed by atoms with Crippen molar-refractivity contribution < 1.29 is 50.9 Å². The Morgan fingerprint density at radius 3 is 2.25 bits per heavy atom. The van der Waals surface area contributed by atoms with Crippen LogP contribution in [-0.2, 0) is 19.1 Å². The second-order valence-electron chi connectivity index (χ2n) is 15.1. The average molecular weight is 682 g/mol. The van der Waals surface area contributed by atoms with E-state index >= 15 is 8.78 Å². The van der Waals surface area contributed by atoms with Gasteiger partial charge >= 0.3 is 24.2 Å². The summed E-state index contributed by atoms with van der Waals surface area (Å²) in [6.45, 7) is 9.57. The first-order valence-electron chi connectivity index (χ1n) is 16.5. The van der Waals surface area contributed by atoms with Crippen LogP contribution in [0.3, 0.4) is 0 Å². The third-order valence-corrected chi connectivity index (χ3v) is 10.9. The van der Waals surface area contributed by atoms with Crippen molar-refractivity contribution in [1.82, 2.24) is 5.32 Å². The summed E-state index contributed by atoms with van der Waals surface area (Å²) in [5.41, 5.74) is -1.68. The molecule has 7 nitrogen and oxygen atoms in total. The molecule has 5 rings (SSSR count). The van der Waals surface area contributed by atoms with Crippen LogP contribution >= 0.6 is 0 Å². The van der Waals surface area contributed by atoms with Crippen molar-refractivity contribution in [3.8, 4) is 0 Å². The van der Waals surface area contributed by atoms with Crippen molar-refractivity contribution in [3.05, 3.63) is 58.2 Å². The van der Waals surface area contributed by atoms with Gasteiger partial charge in [0, 0.05) is 17.8 Å². The molecule has 0 aromatic heterocycles. The maximum absolute atomic E-state index is 15.2. The standard InChI is InChI=1S/C36H44F5NO6/c1-19(42-31(45)48-32(3,4)5)30(44)47-20(2)21-7-9-22(10-8-21)27-18-33(6)28(15-16-34(33,46)35(37,38)36(39,40)41)26-13-11-23-17-24(43)12-14-25(23)29(26)27/h7-10,17,19-20,26-28,46H,11-16,18H2,1-6H3,(H,42,45)/t19-,20+,26?,27+,28?,33-,34-/m0/s1. The molecule has 2 saturated carbocycles. The lowest BCUT2D eigenvalue weighted by Crippen LogP contribution is -2.65. The number of rotatable bonds is 6. The Kier molecular flexibility index (Phi) is 9.19. The minimum atomic E-state index is -5.92. The van der Waals surface area contributed by atoms with Gasteiger partial charge in [-0.25, -0.2) is 9.59 Å². The van der Waals surface area contributed by atoms with E-state index in [0.717, 1.165) is 16.7 Å². The van der Waals surface area contributed by atoms with Gasteiger partial charge in [0.05, 0.1) is 0 Å². The molecule has 0 saturated heterocycles. The Labute approximate surface area is 277 Å². The van der Waals surface area contributed by atoms with Gasteiger partial charge in [0.25, 0.3) is 0 Å². The monoisotopic (exact) mass is 681 g/mol. The van der Waals surface area contributed by atoms with E-state index in [-0.39, 0.29) is 24.5 Å². The lowest BCUT2D eigenvalue weighted by molar-refractivity contribution is -0.362. The molecule has 4 aliphatic carbocycles. The third-order valence-electron chi connectivity index (χ3n) is 10.9. The quantitative estimate of drug-likeness (QED) is 0.233. The van der Waals surface area contributed by atoms with Gasteiger partial charge < -0.3 is 19.9 Å². The van der Waals surface area contributed by atoms with Gasteiger partial charge in [0.1, 0.15) is 23.3 Å². The van der Waals surface area contributed by atoms with Gasteiger partial charge in [-0.05, 0) is 113 Å². The Morgan fingerprint density at radius 2 is 1.65 bits per heavy atom. The van der Waals surface area contributed by atoms with Crippen LogP contribution in [0.2, 0.25) is 0 Å². The van der Waals surface area contributed by atoms with Crippen molar-refractivity contribution in [3.63, 3.8) is 0 Å². The molecule has 0 bridgehead atoms. The van der Waals surface area contributed by atoms with E-state index in [1.165, 1.54) is 13.8 Å². The highest BCUT2D eigenvalue weighted by atomic mass is 19.4. The molecule has 0 radical (unpaired) electrons. The molecule has 2 N–H and O–H groups in total. The van der Waals surface area contributed by atoms with E-state index in [4.69, 9.17) is 9.47 Å². The largest absolute Gasteiger partial charge is 0.456 e. The molecular formula is C36H44F5NO6. The number of ether oxygens (including phenoxy) is 2. The molecule has 1 aromatic carbocycles. The summed E-state index contributed by atoms with van der Waals surface area (Å²) < 4.78 is 82.7. The maximum Gasteiger partial charge on any atom is 0.456 e. The second kappa shape index (κ2) is 12.2. The minimum absolute atomic E-state index is 0.00793. The molecule has 0 spiro atoms. The molecule has 1 aromatic rings. The Balaban J connectivity index is 1.45. The number of hydrogen-bond acceptors (Lipinski definition) is 6. The summed E-state index contributed by atoms with van der Waals surface area (Å²) in [7, 11) is 0. The summed E-state index contributed by atoms with van der Waals surface area (Å²) >= 11 is 0. The van der Waals surface area contributed by atoms with Crippen LogP contribution in [0.15, 0.2) is 47.1 Å². The van der Waals surface area contributed by atoms with E-state index in [9.17, 15) is 32.7 Å². The highest BCUT2D eigenvalue weighted by Crippen LogP contribution is 2.70. The number of halogens is 5. The third kappa shape index (κ3) is 6.18. The molecule has 2 unspecified atom stereocenters. The van der Waals surface area contributed by atoms with Crippen LogP contribution in [0, 0.1) is 17.3 Å².